The molecule has 0 saturated heterocycles. The average Bonchev–Trinajstić information content (AvgIpc) is 2.34. The van der Waals surface area contributed by atoms with Crippen LogP contribution in [-0.2, 0) is 0 Å². The number of hydrogen-bond donors (Lipinski definition) is 0. The van der Waals surface area contributed by atoms with Gasteiger partial charge in [-0.25, -0.2) is 0 Å². The summed E-state index contributed by atoms with van der Waals surface area (Å²) in [5, 5.41) is 0. The highest BCUT2D eigenvalue weighted by Gasteiger charge is 2.46. The van der Waals surface area contributed by atoms with Crippen LogP contribution in [0.5, 0.6) is 0 Å². The molecule has 20 heavy (non-hydrogen) atoms. The van der Waals surface area contributed by atoms with Crippen LogP contribution in [0.3, 0.4) is 0 Å². The van der Waals surface area contributed by atoms with Crippen LogP contribution in [-0.4, -0.2) is 0 Å². The van der Waals surface area contributed by atoms with Gasteiger partial charge in [0.05, 0.1) is 0 Å². The molecule has 0 aromatic carbocycles. The maximum atomic E-state index is 2.53. The van der Waals surface area contributed by atoms with Crippen LogP contribution in [0.15, 0.2) is 0 Å². The van der Waals surface area contributed by atoms with Crippen LogP contribution in [0.1, 0.15) is 112 Å². The largest absolute Gasteiger partial charge is 0.0594 e. The summed E-state index contributed by atoms with van der Waals surface area (Å²) in [4.78, 5) is 0. The van der Waals surface area contributed by atoms with Crippen molar-refractivity contribution in [2.45, 2.75) is 112 Å². The molecule has 0 N–H and O–H groups in total. The molecule has 0 atom stereocenters. The summed E-state index contributed by atoms with van der Waals surface area (Å²) < 4.78 is 0. The Morgan fingerprint density at radius 2 is 0.650 bits per heavy atom. The Hall–Kier alpha value is 0. The maximum absolute atomic E-state index is 2.53. The van der Waals surface area contributed by atoms with Crippen molar-refractivity contribution in [2.75, 3.05) is 0 Å². The van der Waals surface area contributed by atoms with Crippen LogP contribution >= 0.6 is 0 Å². The van der Waals surface area contributed by atoms with Crippen LogP contribution in [0.4, 0.5) is 0 Å². The van der Waals surface area contributed by atoms with Gasteiger partial charge in [-0.1, -0.05) is 99.3 Å². The Labute approximate surface area is 129 Å². The predicted octanol–water partition coefficient (Wildman–Crippen LogP) is 7.37. The van der Waals surface area contributed by atoms with Crippen LogP contribution in [0, 0.1) is 16.2 Å². The van der Waals surface area contributed by atoms with Crippen molar-refractivity contribution in [3.8, 4) is 0 Å². The lowest BCUT2D eigenvalue weighted by Gasteiger charge is -2.53. The Kier molecular flexibility index (Phi) is 6.61. The van der Waals surface area contributed by atoms with Gasteiger partial charge in [0, 0.05) is 0 Å². The van der Waals surface area contributed by atoms with Gasteiger partial charge < -0.3 is 0 Å². The minimum Gasteiger partial charge on any atom is -0.0594 e. The first-order valence-electron chi connectivity index (χ1n) is 9.21. The average molecular weight is 281 g/mol. The molecular weight excluding hydrogens is 240 g/mol. The number of hydrogen-bond acceptors (Lipinski definition) is 0. The quantitative estimate of drug-likeness (QED) is 0.434. The lowest BCUT2D eigenvalue weighted by molar-refractivity contribution is -0.0329. The molecule has 1 fully saturated rings. The molecule has 0 aliphatic heterocycles. The highest BCUT2D eigenvalue weighted by atomic mass is 14.5. The molecule has 0 heteroatoms. The standard InChI is InChI=1S/C20H40/c1-18(2)16-14-12-10-8-7-9-11-13-15-17-19(3,4)20(18,5)6/h7-17H2,1-6H3. The van der Waals surface area contributed by atoms with Crippen molar-refractivity contribution < 1.29 is 0 Å². The molecule has 0 nitrogen and oxygen atoms in total. The molecule has 120 valence electrons. The van der Waals surface area contributed by atoms with E-state index < -0.39 is 0 Å². The third kappa shape index (κ3) is 4.50. The summed E-state index contributed by atoms with van der Waals surface area (Å²) in [6.45, 7) is 15.1. The van der Waals surface area contributed by atoms with E-state index in [4.69, 9.17) is 0 Å². The van der Waals surface area contributed by atoms with E-state index in [9.17, 15) is 0 Å². The molecule has 0 aromatic heterocycles. The molecule has 0 heterocycles. The minimum atomic E-state index is 0.407. The SMILES string of the molecule is CC1(C)CCCCCCCCCCCC(C)(C)C1(C)C. The van der Waals surface area contributed by atoms with Crippen molar-refractivity contribution in [1.82, 2.24) is 0 Å². The molecule has 0 amide bonds. The van der Waals surface area contributed by atoms with Crippen LogP contribution < -0.4 is 0 Å². The first-order chi connectivity index (χ1) is 9.21. The fourth-order valence-corrected chi connectivity index (χ4v) is 3.91. The van der Waals surface area contributed by atoms with E-state index in [-0.39, 0.29) is 0 Å². The highest BCUT2D eigenvalue weighted by molar-refractivity contribution is 4.96. The van der Waals surface area contributed by atoms with E-state index in [0.29, 0.717) is 16.2 Å². The van der Waals surface area contributed by atoms with E-state index in [1.54, 1.807) is 0 Å². The smallest absolute Gasteiger partial charge is 0.0252 e. The molecule has 1 aliphatic carbocycles. The summed E-state index contributed by atoms with van der Waals surface area (Å²) in [6.07, 6.45) is 15.8. The zero-order valence-corrected chi connectivity index (χ0v) is 15.3. The summed E-state index contributed by atoms with van der Waals surface area (Å²) >= 11 is 0. The van der Waals surface area contributed by atoms with Gasteiger partial charge in [0.2, 0.25) is 0 Å². The monoisotopic (exact) mass is 280 g/mol. The molecule has 0 bridgehead atoms. The van der Waals surface area contributed by atoms with E-state index in [2.05, 4.69) is 41.5 Å². The van der Waals surface area contributed by atoms with Gasteiger partial charge in [-0.15, -0.1) is 0 Å². The second-order valence-electron chi connectivity index (χ2n) is 9.07. The topological polar surface area (TPSA) is 0 Å². The van der Waals surface area contributed by atoms with Crippen LogP contribution in [0.25, 0.3) is 0 Å². The Morgan fingerprint density at radius 1 is 0.400 bits per heavy atom. The summed E-state index contributed by atoms with van der Waals surface area (Å²) in [7, 11) is 0. The molecule has 0 radical (unpaired) electrons. The zero-order chi connectivity index (χ0) is 15.3. The second kappa shape index (κ2) is 7.32. The van der Waals surface area contributed by atoms with E-state index >= 15 is 0 Å². The first kappa shape index (κ1) is 18.1. The molecule has 0 unspecified atom stereocenters. The number of rotatable bonds is 0. The third-order valence-corrected chi connectivity index (χ3v) is 6.99. The van der Waals surface area contributed by atoms with Gasteiger partial charge in [-0.05, 0) is 29.1 Å². The fourth-order valence-electron chi connectivity index (χ4n) is 3.91. The lowest BCUT2D eigenvalue weighted by Crippen LogP contribution is -2.44. The fraction of sp³-hybridized carbons (Fsp3) is 1.00. The molecule has 1 aliphatic rings. The predicted molar refractivity (Wildman–Crippen MR) is 92.1 cm³/mol. The molecule has 1 rings (SSSR count). The normalized spacial score (nSPS) is 28.5. The summed E-state index contributed by atoms with van der Waals surface area (Å²) in [5.74, 6) is 0. The summed E-state index contributed by atoms with van der Waals surface area (Å²) in [6, 6.07) is 0. The molecule has 1 saturated carbocycles. The Morgan fingerprint density at radius 3 is 0.950 bits per heavy atom. The van der Waals surface area contributed by atoms with Crippen molar-refractivity contribution in [1.29, 1.82) is 0 Å². The van der Waals surface area contributed by atoms with Gasteiger partial charge in [0.25, 0.3) is 0 Å². The Bertz CT molecular complexity index is 244. The second-order valence-corrected chi connectivity index (χ2v) is 9.07. The molecule has 0 aromatic rings. The lowest BCUT2D eigenvalue weighted by atomic mass is 9.52. The third-order valence-electron chi connectivity index (χ3n) is 6.99. The zero-order valence-electron chi connectivity index (χ0n) is 15.3. The van der Waals surface area contributed by atoms with Crippen molar-refractivity contribution in [2.24, 2.45) is 16.2 Å². The van der Waals surface area contributed by atoms with E-state index in [0.717, 1.165) is 0 Å². The van der Waals surface area contributed by atoms with Gasteiger partial charge in [0.15, 0.2) is 0 Å². The van der Waals surface area contributed by atoms with Crippen molar-refractivity contribution >= 4 is 0 Å². The first-order valence-corrected chi connectivity index (χ1v) is 9.21. The highest BCUT2D eigenvalue weighted by Crippen LogP contribution is 2.55. The van der Waals surface area contributed by atoms with Gasteiger partial charge in [-0.2, -0.15) is 0 Å². The Balaban J connectivity index is 2.76. The maximum Gasteiger partial charge on any atom is -0.0252 e. The van der Waals surface area contributed by atoms with Crippen molar-refractivity contribution in [3.63, 3.8) is 0 Å². The van der Waals surface area contributed by atoms with E-state index in [1.165, 1.54) is 70.6 Å². The molecule has 0 spiro atoms. The van der Waals surface area contributed by atoms with Gasteiger partial charge >= 0.3 is 0 Å². The van der Waals surface area contributed by atoms with E-state index in [1.807, 2.05) is 0 Å². The van der Waals surface area contributed by atoms with Gasteiger partial charge in [0.1, 0.15) is 0 Å². The molecular formula is C20H40. The van der Waals surface area contributed by atoms with Crippen LogP contribution in [0.2, 0.25) is 0 Å². The van der Waals surface area contributed by atoms with Gasteiger partial charge in [-0.3, -0.25) is 0 Å². The summed E-state index contributed by atoms with van der Waals surface area (Å²) in [5.41, 5.74) is 1.30. The minimum absolute atomic E-state index is 0.407. The van der Waals surface area contributed by atoms with Crippen molar-refractivity contribution in [3.05, 3.63) is 0 Å².